The Hall–Kier alpha value is -2.09. The topological polar surface area (TPSA) is 87.9 Å². The van der Waals surface area contributed by atoms with E-state index in [4.69, 9.17) is 9.26 Å². The number of carbonyl (C=O) groups is 2. The molecule has 0 aliphatic carbocycles. The normalized spacial score (nSPS) is 17.1. The fourth-order valence-electron chi connectivity index (χ4n) is 2.32. The molecule has 1 aliphatic heterocycles. The van der Waals surface area contributed by atoms with Crippen LogP contribution in [0.15, 0.2) is 10.6 Å². The number of aryl methyl sites for hydroxylation is 1. The molecule has 1 aliphatic rings. The van der Waals surface area contributed by atoms with Gasteiger partial charge in [-0.2, -0.15) is 0 Å². The molecule has 8 heteroatoms. The number of piperazine rings is 1. The monoisotopic (exact) mass is 310 g/mol. The Morgan fingerprint density at radius 2 is 2.09 bits per heavy atom. The van der Waals surface area contributed by atoms with E-state index in [1.807, 2.05) is 11.8 Å². The van der Waals surface area contributed by atoms with Crippen LogP contribution in [0.3, 0.4) is 0 Å². The summed E-state index contributed by atoms with van der Waals surface area (Å²) in [5.41, 5.74) is 0.714. The molecular formula is C14H22N4O4. The van der Waals surface area contributed by atoms with Crippen molar-refractivity contribution in [1.82, 2.24) is 15.0 Å². The Morgan fingerprint density at radius 1 is 1.41 bits per heavy atom. The van der Waals surface area contributed by atoms with E-state index in [1.165, 1.54) is 0 Å². The number of anilines is 1. The number of nitrogens with one attached hydrogen (secondary N) is 1. The van der Waals surface area contributed by atoms with E-state index >= 15 is 0 Å². The largest absolute Gasteiger partial charge is 0.450 e. The van der Waals surface area contributed by atoms with Crippen LogP contribution in [-0.4, -0.2) is 65.8 Å². The second-order valence-electron chi connectivity index (χ2n) is 5.22. The Morgan fingerprint density at radius 3 is 2.64 bits per heavy atom. The molecule has 122 valence electrons. The van der Waals surface area contributed by atoms with Crippen LogP contribution < -0.4 is 5.32 Å². The number of hydrogen-bond acceptors (Lipinski definition) is 6. The van der Waals surface area contributed by atoms with Crippen molar-refractivity contribution in [1.29, 1.82) is 0 Å². The Balaban J connectivity index is 1.82. The first-order valence-corrected chi connectivity index (χ1v) is 7.41. The van der Waals surface area contributed by atoms with Crippen LogP contribution >= 0.6 is 0 Å². The van der Waals surface area contributed by atoms with Crippen molar-refractivity contribution in [3.05, 3.63) is 11.8 Å². The van der Waals surface area contributed by atoms with Gasteiger partial charge in [0.05, 0.1) is 18.3 Å². The molecule has 1 fully saturated rings. The van der Waals surface area contributed by atoms with E-state index in [-0.39, 0.29) is 18.0 Å². The fourth-order valence-corrected chi connectivity index (χ4v) is 2.32. The van der Waals surface area contributed by atoms with Crippen LogP contribution in [0.5, 0.6) is 0 Å². The first kappa shape index (κ1) is 16.3. The lowest BCUT2D eigenvalue weighted by Crippen LogP contribution is -2.54. The second-order valence-corrected chi connectivity index (χ2v) is 5.22. The summed E-state index contributed by atoms with van der Waals surface area (Å²) in [6, 6.07) is 1.36. The first-order valence-electron chi connectivity index (χ1n) is 7.41. The van der Waals surface area contributed by atoms with Crippen LogP contribution in [0.2, 0.25) is 0 Å². The third-order valence-corrected chi connectivity index (χ3v) is 3.64. The maximum atomic E-state index is 12.2. The molecule has 1 atom stereocenters. The Bertz CT molecular complexity index is 523. The van der Waals surface area contributed by atoms with Crippen molar-refractivity contribution in [2.45, 2.75) is 26.8 Å². The molecule has 1 N–H and O–H groups in total. The van der Waals surface area contributed by atoms with Crippen molar-refractivity contribution in [2.24, 2.45) is 0 Å². The molecule has 1 aromatic rings. The van der Waals surface area contributed by atoms with Crippen molar-refractivity contribution in [3.8, 4) is 0 Å². The van der Waals surface area contributed by atoms with E-state index in [1.54, 1.807) is 24.8 Å². The number of aromatic nitrogens is 1. The standard InChI is InChI=1S/C14H22N4O4/c1-4-21-14(20)18-7-5-17(6-8-18)11(3)13(19)15-12-9-10(2)16-22-12/h9,11H,4-8H2,1-3H3,(H,15,19)/t11-/m0/s1. The maximum Gasteiger partial charge on any atom is 0.409 e. The summed E-state index contributed by atoms with van der Waals surface area (Å²) in [6.07, 6.45) is -0.295. The SMILES string of the molecule is CCOC(=O)N1CCN([C@@H](C)C(=O)Nc2cc(C)no2)CC1. The van der Waals surface area contributed by atoms with Gasteiger partial charge in [0.1, 0.15) is 0 Å². The molecule has 2 heterocycles. The number of rotatable bonds is 4. The molecule has 2 rings (SSSR count). The zero-order valence-corrected chi connectivity index (χ0v) is 13.2. The van der Waals surface area contributed by atoms with Crippen LogP contribution in [-0.2, 0) is 9.53 Å². The summed E-state index contributed by atoms with van der Waals surface area (Å²) in [5, 5.41) is 6.43. The van der Waals surface area contributed by atoms with Gasteiger partial charge < -0.3 is 14.2 Å². The van der Waals surface area contributed by atoms with Gasteiger partial charge in [0, 0.05) is 32.2 Å². The molecule has 2 amide bonds. The van der Waals surface area contributed by atoms with E-state index in [9.17, 15) is 9.59 Å². The van der Waals surface area contributed by atoms with Crippen molar-refractivity contribution >= 4 is 17.9 Å². The maximum absolute atomic E-state index is 12.2. The van der Waals surface area contributed by atoms with Gasteiger partial charge in [-0.05, 0) is 20.8 Å². The predicted octanol–water partition coefficient (Wildman–Crippen LogP) is 1.08. The number of nitrogens with zero attached hydrogens (tertiary/aromatic N) is 3. The summed E-state index contributed by atoms with van der Waals surface area (Å²) in [6.45, 7) is 8.14. The molecule has 0 saturated carbocycles. The molecule has 0 radical (unpaired) electrons. The fraction of sp³-hybridized carbons (Fsp3) is 0.643. The van der Waals surface area contributed by atoms with Gasteiger partial charge in [0.15, 0.2) is 0 Å². The summed E-state index contributed by atoms with van der Waals surface area (Å²) >= 11 is 0. The lowest BCUT2D eigenvalue weighted by atomic mass is 10.2. The first-order chi connectivity index (χ1) is 10.5. The molecule has 0 bridgehead atoms. The van der Waals surface area contributed by atoms with E-state index in [0.717, 1.165) is 0 Å². The highest BCUT2D eigenvalue weighted by atomic mass is 16.6. The molecular weight excluding hydrogens is 288 g/mol. The minimum Gasteiger partial charge on any atom is -0.450 e. The molecule has 1 saturated heterocycles. The highest BCUT2D eigenvalue weighted by Gasteiger charge is 2.28. The second kappa shape index (κ2) is 7.26. The highest BCUT2D eigenvalue weighted by Crippen LogP contribution is 2.12. The van der Waals surface area contributed by atoms with Crippen LogP contribution in [0.25, 0.3) is 0 Å². The van der Waals surface area contributed by atoms with Gasteiger partial charge in [-0.3, -0.25) is 15.0 Å². The highest BCUT2D eigenvalue weighted by molar-refractivity contribution is 5.93. The number of ether oxygens (including phenoxy) is 1. The van der Waals surface area contributed by atoms with Crippen LogP contribution in [0.4, 0.5) is 10.7 Å². The quantitative estimate of drug-likeness (QED) is 0.895. The van der Waals surface area contributed by atoms with E-state index in [2.05, 4.69) is 10.5 Å². The number of hydrogen-bond donors (Lipinski definition) is 1. The van der Waals surface area contributed by atoms with Crippen LogP contribution in [0.1, 0.15) is 19.5 Å². The van der Waals surface area contributed by atoms with Gasteiger partial charge in [-0.25, -0.2) is 4.79 Å². The van der Waals surface area contributed by atoms with E-state index in [0.29, 0.717) is 44.4 Å². The minimum atomic E-state index is -0.310. The third-order valence-electron chi connectivity index (χ3n) is 3.64. The summed E-state index contributed by atoms with van der Waals surface area (Å²) in [5.74, 6) is 0.195. The third kappa shape index (κ3) is 3.97. The molecule has 1 aromatic heterocycles. The molecule has 0 unspecified atom stereocenters. The smallest absolute Gasteiger partial charge is 0.409 e. The summed E-state index contributed by atoms with van der Waals surface area (Å²) in [4.78, 5) is 27.5. The zero-order valence-electron chi connectivity index (χ0n) is 13.2. The van der Waals surface area contributed by atoms with Gasteiger partial charge in [-0.15, -0.1) is 0 Å². The van der Waals surface area contributed by atoms with Crippen molar-refractivity contribution in [2.75, 3.05) is 38.1 Å². The van der Waals surface area contributed by atoms with Gasteiger partial charge in [0.25, 0.3) is 0 Å². The zero-order chi connectivity index (χ0) is 16.1. The Kier molecular flexibility index (Phi) is 5.37. The van der Waals surface area contributed by atoms with Gasteiger partial charge in [0.2, 0.25) is 11.8 Å². The minimum absolute atomic E-state index is 0.152. The molecule has 22 heavy (non-hydrogen) atoms. The Labute approximate surface area is 129 Å². The number of carbonyl (C=O) groups excluding carboxylic acids is 2. The average molecular weight is 310 g/mol. The molecule has 0 spiro atoms. The number of amides is 2. The lowest BCUT2D eigenvalue weighted by molar-refractivity contribution is -0.121. The average Bonchev–Trinajstić information content (AvgIpc) is 2.92. The molecule has 8 nitrogen and oxygen atoms in total. The van der Waals surface area contributed by atoms with Crippen molar-refractivity contribution in [3.63, 3.8) is 0 Å². The van der Waals surface area contributed by atoms with Crippen molar-refractivity contribution < 1.29 is 18.8 Å². The predicted molar refractivity (Wildman–Crippen MR) is 79.5 cm³/mol. The van der Waals surface area contributed by atoms with Crippen LogP contribution in [0, 0.1) is 6.92 Å². The van der Waals surface area contributed by atoms with E-state index < -0.39 is 0 Å². The van der Waals surface area contributed by atoms with Gasteiger partial charge in [-0.1, -0.05) is 5.16 Å². The molecule has 0 aromatic carbocycles. The lowest BCUT2D eigenvalue weighted by Gasteiger charge is -2.36. The summed E-state index contributed by atoms with van der Waals surface area (Å²) < 4.78 is 9.95. The summed E-state index contributed by atoms with van der Waals surface area (Å²) in [7, 11) is 0. The van der Waals surface area contributed by atoms with Gasteiger partial charge >= 0.3 is 6.09 Å².